The second kappa shape index (κ2) is 8.06. The van der Waals surface area contributed by atoms with Crippen molar-refractivity contribution in [3.63, 3.8) is 0 Å². The van der Waals surface area contributed by atoms with E-state index >= 15 is 0 Å². The minimum absolute atomic E-state index is 0.381. The first-order valence-corrected chi connectivity index (χ1v) is 7.36. The Balaban J connectivity index is 1.90. The Morgan fingerprint density at radius 1 is 0.727 bits per heavy atom. The first kappa shape index (κ1) is 16.6. The van der Waals surface area contributed by atoms with Crippen LogP contribution in [0.25, 0.3) is 0 Å². The summed E-state index contributed by atoms with van der Waals surface area (Å²) in [6.45, 7) is 6.59. The van der Waals surface area contributed by atoms with Gasteiger partial charge in [-0.1, -0.05) is 60.7 Å². The summed E-state index contributed by atoms with van der Waals surface area (Å²) < 4.78 is 0. The Morgan fingerprint density at radius 2 is 1.14 bits per heavy atom. The number of hydrogen-bond acceptors (Lipinski definition) is 4. The van der Waals surface area contributed by atoms with Crippen molar-refractivity contribution in [3.05, 3.63) is 71.8 Å². The van der Waals surface area contributed by atoms with Gasteiger partial charge in [0, 0.05) is 0 Å². The molecular weight excluding hydrogens is 278 g/mol. The molecule has 4 heteroatoms. The van der Waals surface area contributed by atoms with Gasteiger partial charge in [0.2, 0.25) is 0 Å². The second-order valence-electron chi connectivity index (χ2n) is 5.95. The van der Waals surface area contributed by atoms with Crippen molar-refractivity contribution in [2.24, 2.45) is 0 Å². The summed E-state index contributed by atoms with van der Waals surface area (Å²) in [7, 11) is 0. The lowest BCUT2D eigenvalue weighted by Gasteiger charge is -2.27. The third kappa shape index (κ3) is 6.37. The summed E-state index contributed by atoms with van der Waals surface area (Å²) in [6.07, 6.45) is 0. The largest absolute Gasteiger partial charge is 0.246 e. The standard InChI is InChI=1S/C18H23NO3/c1-18(2,3)22-19(20-14-16-10-6-4-7-11-16)21-15-17-12-8-5-9-13-17/h4-13H,14-15H2,1-3H3. The smallest absolute Gasteiger partial charge is 0.0987 e. The molecule has 118 valence electrons. The second-order valence-corrected chi connectivity index (χ2v) is 5.95. The fourth-order valence-electron chi connectivity index (χ4n) is 1.72. The van der Waals surface area contributed by atoms with Crippen LogP contribution in [0, 0.1) is 0 Å². The molecule has 2 rings (SSSR count). The average Bonchev–Trinajstić information content (AvgIpc) is 2.51. The molecule has 0 fully saturated rings. The molecule has 0 atom stereocenters. The van der Waals surface area contributed by atoms with Gasteiger partial charge >= 0.3 is 0 Å². The van der Waals surface area contributed by atoms with Crippen molar-refractivity contribution >= 4 is 0 Å². The zero-order valence-electron chi connectivity index (χ0n) is 13.4. The van der Waals surface area contributed by atoms with Crippen LogP contribution in [0.3, 0.4) is 0 Å². The highest BCUT2D eigenvalue weighted by atomic mass is 17.2. The Hall–Kier alpha value is -1.72. The zero-order chi connectivity index (χ0) is 15.8. The van der Waals surface area contributed by atoms with Crippen molar-refractivity contribution in [2.75, 3.05) is 0 Å². The van der Waals surface area contributed by atoms with Crippen LogP contribution in [0.4, 0.5) is 0 Å². The van der Waals surface area contributed by atoms with Crippen LogP contribution < -0.4 is 0 Å². The molecule has 0 amide bonds. The fraction of sp³-hybridized carbons (Fsp3) is 0.333. The van der Waals surface area contributed by atoms with Gasteiger partial charge in [-0.2, -0.15) is 0 Å². The van der Waals surface area contributed by atoms with Gasteiger partial charge in [0.15, 0.2) is 0 Å². The van der Waals surface area contributed by atoms with Crippen LogP contribution in [-0.4, -0.2) is 11.0 Å². The Labute approximate surface area is 132 Å². The minimum atomic E-state index is -0.409. The van der Waals surface area contributed by atoms with Gasteiger partial charge < -0.3 is 0 Å². The van der Waals surface area contributed by atoms with E-state index in [0.29, 0.717) is 13.2 Å². The summed E-state index contributed by atoms with van der Waals surface area (Å²) in [6, 6.07) is 19.8. The number of hydrogen-bond donors (Lipinski definition) is 0. The van der Waals surface area contributed by atoms with Crippen molar-refractivity contribution in [3.8, 4) is 0 Å². The van der Waals surface area contributed by atoms with Gasteiger partial charge in [-0.3, -0.25) is 0 Å². The van der Waals surface area contributed by atoms with E-state index in [-0.39, 0.29) is 0 Å². The molecule has 0 aliphatic carbocycles. The van der Waals surface area contributed by atoms with Gasteiger partial charge in [0.25, 0.3) is 0 Å². The van der Waals surface area contributed by atoms with E-state index in [9.17, 15) is 0 Å². The lowest BCUT2D eigenvalue weighted by atomic mass is 10.2. The molecule has 0 aromatic heterocycles. The molecule has 0 saturated carbocycles. The van der Waals surface area contributed by atoms with E-state index < -0.39 is 5.60 Å². The zero-order valence-corrected chi connectivity index (χ0v) is 13.4. The fourth-order valence-corrected chi connectivity index (χ4v) is 1.72. The molecule has 2 aromatic rings. The number of rotatable bonds is 7. The molecule has 0 radical (unpaired) electrons. The predicted molar refractivity (Wildman–Crippen MR) is 85.1 cm³/mol. The average molecular weight is 301 g/mol. The highest BCUT2D eigenvalue weighted by Crippen LogP contribution is 2.14. The molecule has 2 aromatic carbocycles. The quantitative estimate of drug-likeness (QED) is 0.714. The lowest BCUT2D eigenvalue weighted by molar-refractivity contribution is -0.553. The maximum atomic E-state index is 5.67. The first-order valence-electron chi connectivity index (χ1n) is 7.36. The summed E-state index contributed by atoms with van der Waals surface area (Å²) in [5.41, 5.74) is 1.69. The van der Waals surface area contributed by atoms with E-state index in [2.05, 4.69) is 0 Å². The van der Waals surface area contributed by atoms with Gasteiger partial charge in [-0.25, -0.2) is 14.5 Å². The van der Waals surface area contributed by atoms with Crippen LogP contribution in [0.15, 0.2) is 60.7 Å². The molecule has 0 aliphatic rings. The third-order valence-electron chi connectivity index (χ3n) is 2.71. The van der Waals surface area contributed by atoms with E-state index in [1.165, 1.54) is 0 Å². The van der Waals surface area contributed by atoms with E-state index in [4.69, 9.17) is 14.5 Å². The topological polar surface area (TPSA) is 30.9 Å². The maximum absolute atomic E-state index is 5.67. The number of benzene rings is 2. The molecule has 22 heavy (non-hydrogen) atoms. The summed E-state index contributed by atoms with van der Waals surface area (Å²) in [4.78, 5) is 16.9. The summed E-state index contributed by atoms with van der Waals surface area (Å²) in [5, 5.41) is 1.11. The normalized spacial score (nSPS) is 11.8. The van der Waals surface area contributed by atoms with Gasteiger partial charge in [0.1, 0.15) is 0 Å². The molecule has 0 aliphatic heterocycles. The van der Waals surface area contributed by atoms with Crippen LogP contribution in [0.1, 0.15) is 31.9 Å². The number of nitrogens with zero attached hydrogens (tertiary/aromatic N) is 1. The molecule has 4 nitrogen and oxygen atoms in total. The van der Waals surface area contributed by atoms with Crippen molar-refractivity contribution in [2.45, 2.75) is 39.6 Å². The van der Waals surface area contributed by atoms with Gasteiger partial charge in [-0.05, 0) is 31.9 Å². The molecule has 0 N–H and O–H groups in total. The third-order valence-corrected chi connectivity index (χ3v) is 2.71. The van der Waals surface area contributed by atoms with Crippen molar-refractivity contribution < 1.29 is 14.5 Å². The Kier molecular flexibility index (Phi) is 6.10. The molecule has 0 saturated heterocycles. The monoisotopic (exact) mass is 301 g/mol. The van der Waals surface area contributed by atoms with E-state index in [0.717, 1.165) is 16.5 Å². The highest BCUT2D eigenvalue weighted by molar-refractivity contribution is 5.14. The summed E-state index contributed by atoms with van der Waals surface area (Å²) >= 11 is 0. The van der Waals surface area contributed by atoms with Crippen LogP contribution >= 0.6 is 0 Å². The van der Waals surface area contributed by atoms with Crippen LogP contribution in [0.2, 0.25) is 0 Å². The van der Waals surface area contributed by atoms with Gasteiger partial charge in [-0.15, -0.1) is 0 Å². The minimum Gasteiger partial charge on any atom is -0.246 e. The lowest BCUT2D eigenvalue weighted by Crippen LogP contribution is -2.34. The summed E-state index contributed by atoms with van der Waals surface area (Å²) in [5.74, 6) is 0. The van der Waals surface area contributed by atoms with E-state index in [1.54, 1.807) is 0 Å². The molecular formula is C18H23NO3. The van der Waals surface area contributed by atoms with Gasteiger partial charge in [0.05, 0.1) is 24.2 Å². The Bertz CT molecular complexity index is 494. The maximum Gasteiger partial charge on any atom is 0.0987 e. The molecule has 0 unspecified atom stereocenters. The molecule has 0 heterocycles. The van der Waals surface area contributed by atoms with E-state index in [1.807, 2.05) is 81.4 Å². The highest BCUT2D eigenvalue weighted by Gasteiger charge is 2.19. The predicted octanol–water partition coefficient (Wildman–Crippen LogP) is 4.28. The molecule has 0 spiro atoms. The first-order chi connectivity index (χ1) is 10.5. The molecule has 0 bridgehead atoms. The van der Waals surface area contributed by atoms with Crippen LogP contribution in [-0.2, 0) is 27.7 Å². The van der Waals surface area contributed by atoms with Crippen LogP contribution in [0.5, 0.6) is 0 Å². The SMILES string of the molecule is CC(C)(C)ON(OCc1ccccc1)OCc1ccccc1. The van der Waals surface area contributed by atoms with Crippen molar-refractivity contribution in [1.82, 2.24) is 5.39 Å². The Morgan fingerprint density at radius 3 is 1.50 bits per heavy atom. The van der Waals surface area contributed by atoms with Crippen molar-refractivity contribution in [1.29, 1.82) is 0 Å².